The molecule has 0 radical (unpaired) electrons. The minimum Gasteiger partial charge on any atom is -0.481 e. The van der Waals surface area contributed by atoms with Crippen LogP contribution in [0, 0.1) is 13.8 Å². The van der Waals surface area contributed by atoms with Crippen molar-refractivity contribution in [2.45, 2.75) is 39.5 Å². The Balaban J connectivity index is 0.000000148. The maximum Gasteiger partial charge on any atom is 0.307 e. The number of hydrogen-bond acceptors (Lipinski definition) is 11. The van der Waals surface area contributed by atoms with Crippen molar-refractivity contribution in [3.63, 3.8) is 0 Å². The number of rotatable bonds is 12. The largest absolute Gasteiger partial charge is 0.481 e. The van der Waals surface area contributed by atoms with E-state index in [0.29, 0.717) is 19.5 Å². The number of fused-ring (bicyclic) bond motifs is 2. The molecule has 2 aliphatic carbocycles. The molecule has 2 fully saturated rings. The predicted octanol–water partition coefficient (Wildman–Crippen LogP) is 11.3. The van der Waals surface area contributed by atoms with Gasteiger partial charge < -0.3 is 34.9 Å². The first-order chi connectivity index (χ1) is 38.6. The SMILES string of the molecule is Cc1cccc(N(C)c2cc(N3CCN(C(=O)CC4=C(c5ccccc5)Cc5ccccc54)CC3)ncn2)c1.Cc1cccc(N(C)c2cc(N3CCNCC3)ncn2)c1.O=C(O)CC1=C(c2ccccc2)Cc2ccccc21. The van der Waals surface area contributed by atoms with Crippen molar-refractivity contribution in [3.05, 3.63) is 227 Å². The van der Waals surface area contributed by atoms with Gasteiger partial charge in [0.1, 0.15) is 35.9 Å². The van der Waals surface area contributed by atoms with Crippen molar-refractivity contribution < 1.29 is 14.7 Å². The molecule has 0 saturated carbocycles. The summed E-state index contributed by atoms with van der Waals surface area (Å²) in [6.45, 7) is 11.0. The molecule has 0 unspecified atom stereocenters. The molecule has 0 spiro atoms. The van der Waals surface area contributed by atoms with Gasteiger partial charge in [0, 0.05) is 90.0 Å². The Morgan fingerprint density at radius 1 is 0.506 bits per heavy atom. The monoisotopic (exact) mass is 1050 g/mol. The van der Waals surface area contributed by atoms with E-state index < -0.39 is 5.97 Å². The first kappa shape index (κ1) is 53.5. The summed E-state index contributed by atoms with van der Waals surface area (Å²) in [6, 6.07) is 58.0. The number of carbonyl (C=O) groups excluding carboxylic acids is 1. The summed E-state index contributed by atoms with van der Waals surface area (Å²) in [5.41, 5.74) is 16.4. The number of piperazine rings is 2. The normalized spacial score (nSPS) is 14.6. The van der Waals surface area contributed by atoms with Crippen molar-refractivity contribution >= 4 is 68.8 Å². The second-order valence-electron chi connectivity index (χ2n) is 20.4. The van der Waals surface area contributed by atoms with E-state index in [2.05, 4.69) is 168 Å². The Morgan fingerprint density at radius 3 is 1.42 bits per heavy atom. The van der Waals surface area contributed by atoms with E-state index in [1.807, 2.05) is 79.7 Å². The Kier molecular flexibility index (Phi) is 16.9. The average molecular weight is 1050 g/mol. The van der Waals surface area contributed by atoms with Crippen LogP contribution in [0.2, 0.25) is 0 Å². The molecule has 79 heavy (non-hydrogen) atoms. The second-order valence-corrected chi connectivity index (χ2v) is 20.4. The number of aryl methyl sites for hydroxylation is 2. The molecule has 8 aromatic rings. The number of nitrogens with zero attached hydrogens (tertiary/aromatic N) is 9. The molecule has 1 amide bonds. The Morgan fingerprint density at radius 2 is 0.949 bits per heavy atom. The standard InChI is InChI=1S/C33H33N5O.C17H14O2.C16H21N5/c1-24-9-8-13-27(19-24)36(2)31-22-32(35-23-34-31)37-15-17-38(18-16-37)33(39)21-30-28-14-7-6-12-26(28)20-29(30)25-10-4-3-5-11-25;18-17(19)11-16-14-9-5-4-8-13(14)10-15(16)12-6-2-1-3-7-12;1-13-4-3-5-14(10-13)20(2)15-11-16(19-12-18-15)21-8-6-17-7-9-21/h3-14,19,22-23H,15-18,20-21H2,1-2H3;1-9H,10-11H2,(H,18,19);3-5,10-12,17H,6-9H2,1-2H3. The highest BCUT2D eigenvalue weighted by atomic mass is 16.4. The van der Waals surface area contributed by atoms with Crippen LogP contribution in [0.1, 0.15) is 57.3 Å². The first-order valence-electron chi connectivity index (χ1n) is 27.2. The summed E-state index contributed by atoms with van der Waals surface area (Å²) < 4.78 is 0. The number of amides is 1. The van der Waals surface area contributed by atoms with Crippen LogP contribution >= 0.6 is 0 Å². The van der Waals surface area contributed by atoms with Gasteiger partial charge in [0.25, 0.3) is 0 Å². The Labute approximate surface area is 464 Å². The lowest BCUT2D eigenvalue weighted by atomic mass is 9.97. The quantitative estimate of drug-likeness (QED) is 0.121. The molecule has 13 heteroatoms. The number of allylic oxidation sites excluding steroid dienone is 2. The zero-order valence-electron chi connectivity index (χ0n) is 45.6. The van der Waals surface area contributed by atoms with E-state index >= 15 is 0 Å². The van der Waals surface area contributed by atoms with Crippen molar-refractivity contribution in [3.8, 4) is 0 Å². The number of aliphatic carboxylic acids is 1. The van der Waals surface area contributed by atoms with Crippen LogP contribution in [0.3, 0.4) is 0 Å². The van der Waals surface area contributed by atoms with E-state index in [4.69, 9.17) is 5.11 Å². The summed E-state index contributed by atoms with van der Waals surface area (Å²) in [7, 11) is 4.07. The fourth-order valence-electron chi connectivity index (χ4n) is 10.9. The molecule has 2 aromatic heterocycles. The number of carboxylic acids is 1. The third-order valence-electron chi connectivity index (χ3n) is 15.2. The number of carboxylic acid groups (broad SMARTS) is 1. The van der Waals surface area contributed by atoms with E-state index in [1.165, 1.54) is 44.5 Å². The minimum atomic E-state index is -0.778. The van der Waals surface area contributed by atoms with Gasteiger partial charge in [0.15, 0.2) is 0 Å². The third-order valence-corrected chi connectivity index (χ3v) is 15.2. The molecule has 2 N–H and O–H groups in total. The summed E-state index contributed by atoms with van der Waals surface area (Å²) in [5, 5.41) is 12.5. The maximum atomic E-state index is 13.6. The van der Waals surface area contributed by atoms with Gasteiger partial charge in [-0.2, -0.15) is 0 Å². The molecule has 13 nitrogen and oxygen atoms in total. The third kappa shape index (κ3) is 12.9. The smallest absolute Gasteiger partial charge is 0.307 e. The fourth-order valence-corrected chi connectivity index (χ4v) is 10.9. The highest BCUT2D eigenvalue weighted by Crippen LogP contribution is 2.42. The molecule has 2 aliphatic heterocycles. The van der Waals surface area contributed by atoms with Crippen LogP contribution < -0.4 is 24.9 Å². The van der Waals surface area contributed by atoms with Crippen LogP contribution in [-0.4, -0.2) is 108 Å². The second kappa shape index (κ2) is 25.0. The topological polar surface area (TPSA) is 134 Å². The highest BCUT2D eigenvalue weighted by Gasteiger charge is 2.29. The maximum absolute atomic E-state index is 13.6. The summed E-state index contributed by atoms with van der Waals surface area (Å²) in [5.74, 6) is 3.08. The Bertz CT molecular complexity index is 3480. The summed E-state index contributed by atoms with van der Waals surface area (Å²) in [4.78, 5) is 53.3. The molecule has 6 aromatic carbocycles. The van der Waals surface area contributed by atoms with Gasteiger partial charge in [0.2, 0.25) is 5.91 Å². The summed E-state index contributed by atoms with van der Waals surface area (Å²) in [6.07, 6.45) is 5.50. The van der Waals surface area contributed by atoms with Crippen LogP contribution in [0.15, 0.2) is 183 Å². The molecule has 400 valence electrons. The van der Waals surface area contributed by atoms with Gasteiger partial charge in [-0.1, -0.05) is 133 Å². The lowest BCUT2D eigenvalue weighted by Gasteiger charge is -2.36. The van der Waals surface area contributed by atoms with Gasteiger partial charge in [-0.25, -0.2) is 19.9 Å². The number of aromatic nitrogens is 4. The van der Waals surface area contributed by atoms with Gasteiger partial charge in [-0.15, -0.1) is 0 Å². The molecule has 4 heterocycles. The molecular formula is C66H68N10O3. The predicted molar refractivity (Wildman–Crippen MR) is 320 cm³/mol. The van der Waals surface area contributed by atoms with Gasteiger partial charge in [0.05, 0.1) is 12.8 Å². The lowest BCUT2D eigenvalue weighted by molar-refractivity contribution is -0.135. The Hall–Kier alpha value is -8.94. The summed E-state index contributed by atoms with van der Waals surface area (Å²) >= 11 is 0. The molecule has 0 atom stereocenters. The van der Waals surface area contributed by atoms with Crippen LogP contribution in [0.4, 0.5) is 34.6 Å². The molecule has 2 saturated heterocycles. The van der Waals surface area contributed by atoms with Gasteiger partial charge >= 0.3 is 5.97 Å². The first-order valence-corrected chi connectivity index (χ1v) is 27.2. The van der Waals surface area contributed by atoms with E-state index in [1.54, 1.807) is 12.7 Å². The molecule has 0 bridgehead atoms. The van der Waals surface area contributed by atoms with E-state index in [-0.39, 0.29) is 12.3 Å². The van der Waals surface area contributed by atoms with Crippen LogP contribution in [0.25, 0.3) is 22.3 Å². The fraction of sp³-hybridized carbons (Fsp3) is 0.242. The number of hydrogen-bond donors (Lipinski definition) is 2. The zero-order valence-corrected chi connectivity index (χ0v) is 45.6. The number of anilines is 6. The molecular weight excluding hydrogens is 981 g/mol. The van der Waals surface area contributed by atoms with Crippen molar-refractivity contribution in [1.29, 1.82) is 0 Å². The van der Waals surface area contributed by atoms with Crippen LogP contribution in [0.5, 0.6) is 0 Å². The van der Waals surface area contributed by atoms with Crippen molar-refractivity contribution in [2.24, 2.45) is 0 Å². The molecule has 4 aliphatic rings. The minimum absolute atomic E-state index is 0.0846. The van der Waals surface area contributed by atoms with E-state index in [0.717, 1.165) is 109 Å². The number of nitrogens with one attached hydrogen (secondary N) is 1. The zero-order chi connectivity index (χ0) is 54.7. The number of carbonyl (C=O) groups is 2. The average Bonchev–Trinajstić information content (AvgIpc) is 4.13. The van der Waals surface area contributed by atoms with Crippen molar-refractivity contribution in [1.82, 2.24) is 30.2 Å². The number of benzene rings is 6. The highest BCUT2D eigenvalue weighted by molar-refractivity contribution is 6.04. The molecule has 12 rings (SSSR count). The van der Waals surface area contributed by atoms with Gasteiger partial charge in [-0.05, 0) is 118 Å². The lowest BCUT2D eigenvalue weighted by Crippen LogP contribution is -2.49. The van der Waals surface area contributed by atoms with Gasteiger partial charge in [-0.3, -0.25) is 9.59 Å². The van der Waals surface area contributed by atoms with E-state index in [9.17, 15) is 9.59 Å². The van der Waals surface area contributed by atoms with Crippen molar-refractivity contribution in [2.75, 3.05) is 86.1 Å². The van der Waals surface area contributed by atoms with Crippen LogP contribution in [-0.2, 0) is 22.4 Å².